The van der Waals surface area contributed by atoms with Crippen LogP contribution in [-0.2, 0) is 9.53 Å². The second-order valence-electron chi connectivity index (χ2n) is 9.30. The van der Waals surface area contributed by atoms with Crippen molar-refractivity contribution in [3.8, 4) is 22.8 Å². The molecule has 11 heteroatoms. The Balaban J connectivity index is 1.64. The van der Waals surface area contributed by atoms with Crippen molar-refractivity contribution >= 4 is 18.0 Å². The van der Waals surface area contributed by atoms with E-state index in [0.717, 1.165) is 11.3 Å². The molecule has 0 saturated heterocycles. The number of ether oxygens (including phenoxy) is 3. The summed E-state index contributed by atoms with van der Waals surface area (Å²) in [4.78, 5) is 49.5. The second kappa shape index (κ2) is 11.0. The van der Waals surface area contributed by atoms with Crippen molar-refractivity contribution < 1.29 is 23.8 Å². The number of carbonyl (C=O) groups is 2. The summed E-state index contributed by atoms with van der Waals surface area (Å²) in [5, 5.41) is 0.256. The molecule has 1 aliphatic heterocycles. The summed E-state index contributed by atoms with van der Waals surface area (Å²) in [5.41, 5.74) is 9.14. The molecule has 4 N–H and O–H groups in total. The third-order valence-electron chi connectivity index (χ3n) is 6.80. The van der Waals surface area contributed by atoms with Crippen LogP contribution in [0.3, 0.4) is 0 Å². The zero-order chi connectivity index (χ0) is 29.3. The number of benzene rings is 2. The molecule has 0 radical (unpaired) electrons. The lowest BCUT2D eigenvalue weighted by atomic mass is 9.95. The van der Waals surface area contributed by atoms with Crippen molar-refractivity contribution in [1.29, 1.82) is 0 Å². The first-order valence-corrected chi connectivity index (χ1v) is 12.9. The maximum Gasteiger partial charge on any atom is 0.338 e. The normalized spacial score (nSPS) is 14.8. The van der Waals surface area contributed by atoms with Crippen molar-refractivity contribution in [2.75, 3.05) is 20.8 Å². The SMILES string of the molecule is CCOC(=O)C1=C(C)N=c2[nH]/c(=C\c3ccc(-c4cccc(C(N)=O)c4)[nH]3)c(=O)n2C1c1ccc(OC)c(OC)c1. The van der Waals surface area contributed by atoms with E-state index >= 15 is 0 Å². The van der Waals surface area contributed by atoms with E-state index in [0.29, 0.717) is 34.0 Å². The fourth-order valence-corrected chi connectivity index (χ4v) is 4.89. The first kappa shape index (κ1) is 27.3. The van der Waals surface area contributed by atoms with E-state index in [4.69, 9.17) is 19.9 Å². The van der Waals surface area contributed by atoms with E-state index in [1.54, 1.807) is 56.3 Å². The number of fused-ring (bicyclic) bond motifs is 1. The van der Waals surface area contributed by atoms with E-state index in [2.05, 4.69) is 15.0 Å². The predicted molar refractivity (Wildman–Crippen MR) is 151 cm³/mol. The van der Waals surface area contributed by atoms with Gasteiger partial charge in [-0.2, -0.15) is 0 Å². The molecular weight excluding hydrogens is 526 g/mol. The van der Waals surface area contributed by atoms with Crippen LogP contribution < -0.4 is 31.7 Å². The number of nitrogens with one attached hydrogen (secondary N) is 2. The molecule has 1 amide bonds. The Morgan fingerprint density at radius 3 is 2.54 bits per heavy atom. The molecule has 3 heterocycles. The number of hydrogen-bond acceptors (Lipinski definition) is 7. The number of H-pyrrole nitrogens is 2. The maximum absolute atomic E-state index is 13.9. The topological polar surface area (TPSA) is 154 Å². The van der Waals surface area contributed by atoms with Gasteiger partial charge in [-0.15, -0.1) is 0 Å². The third kappa shape index (κ3) is 5.05. The van der Waals surface area contributed by atoms with E-state index in [9.17, 15) is 14.4 Å². The molecular formula is C30H29N5O6. The van der Waals surface area contributed by atoms with Crippen LogP contribution in [-0.4, -0.2) is 47.2 Å². The fraction of sp³-hybridized carbons (Fsp3) is 0.200. The van der Waals surface area contributed by atoms with E-state index in [1.807, 2.05) is 18.2 Å². The van der Waals surface area contributed by atoms with Gasteiger partial charge in [0.1, 0.15) is 5.35 Å². The van der Waals surface area contributed by atoms with E-state index < -0.39 is 17.9 Å². The van der Waals surface area contributed by atoms with Crippen LogP contribution in [0.2, 0.25) is 0 Å². The first-order valence-electron chi connectivity index (χ1n) is 12.9. The summed E-state index contributed by atoms with van der Waals surface area (Å²) < 4.78 is 17.6. The highest BCUT2D eigenvalue weighted by Crippen LogP contribution is 2.35. The Labute approximate surface area is 234 Å². The number of methoxy groups -OCH3 is 2. The number of imidazole rings is 1. The molecule has 1 unspecified atom stereocenters. The quantitative estimate of drug-likeness (QED) is 0.283. The lowest BCUT2D eigenvalue weighted by Crippen LogP contribution is -2.40. The second-order valence-corrected chi connectivity index (χ2v) is 9.30. The molecule has 0 aliphatic carbocycles. The van der Waals surface area contributed by atoms with Crippen molar-refractivity contribution in [3.63, 3.8) is 0 Å². The molecule has 4 aromatic rings. The predicted octanol–water partition coefficient (Wildman–Crippen LogP) is 2.18. The lowest BCUT2D eigenvalue weighted by molar-refractivity contribution is -0.139. The van der Waals surface area contributed by atoms with Gasteiger partial charge in [-0.25, -0.2) is 9.79 Å². The standard InChI is InChI=1S/C30H29N5O6/c1-5-41-29(38)25-16(2)32-30-34-22(15-20-10-11-21(33-20)17-7-6-8-19(13-17)27(31)36)28(37)35(30)26(25)18-9-12-23(39-3)24(14-18)40-4/h6-15,26,33H,5H2,1-4H3,(H2,31,36)(H,32,34)/b22-15-. The zero-order valence-corrected chi connectivity index (χ0v) is 23.0. The molecule has 2 aromatic heterocycles. The summed E-state index contributed by atoms with van der Waals surface area (Å²) >= 11 is 0. The van der Waals surface area contributed by atoms with Crippen LogP contribution in [0.5, 0.6) is 11.5 Å². The Morgan fingerprint density at radius 1 is 1.05 bits per heavy atom. The molecule has 0 spiro atoms. The smallest absolute Gasteiger partial charge is 0.338 e. The Bertz CT molecular complexity index is 1880. The first-order chi connectivity index (χ1) is 19.7. The van der Waals surface area contributed by atoms with E-state index in [1.165, 1.54) is 18.8 Å². The minimum absolute atomic E-state index is 0.166. The number of rotatable bonds is 8. The van der Waals surface area contributed by atoms with Crippen molar-refractivity contribution in [2.24, 2.45) is 10.7 Å². The zero-order valence-electron chi connectivity index (χ0n) is 23.0. The number of nitrogens with two attached hydrogens (primary N) is 1. The minimum Gasteiger partial charge on any atom is -0.493 e. The van der Waals surface area contributed by atoms with Gasteiger partial charge >= 0.3 is 5.97 Å². The highest BCUT2D eigenvalue weighted by molar-refractivity contribution is 5.94. The Morgan fingerprint density at radius 2 is 1.83 bits per heavy atom. The van der Waals surface area contributed by atoms with E-state index in [-0.39, 0.29) is 28.7 Å². The van der Waals surface area contributed by atoms with Gasteiger partial charge < -0.3 is 29.9 Å². The average Bonchev–Trinajstić information content (AvgIpc) is 3.56. The molecule has 2 aromatic carbocycles. The molecule has 0 saturated carbocycles. The summed E-state index contributed by atoms with van der Waals surface area (Å²) in [6, 6.07) is 15.0. The number of amides is 1. The molecule has 1 atom stereocenters. The third-order valence-corrected chi connectivity index (χ3v) is 6.80. The van der Waals surface area contributed by atoms with Gasteiger partial charge in [0.25, 0.3) is 5.56 Å². The number of aromatic nitrogens is 3. The van der Waals surface area contributed by atoms with Crippen molar-refractivity contribution in [3.05, 3.63) is 104 Å². The van der Waals surface area contributed by atoms with Crippen LogP contribution in [0, 0.1) is 0 Å². The molecule has 210 valence electrons. The lowest BCUT2D eigenvalue weighted by Gasteiger charge is -2.25. The maximum atomic E-state index is 13.9. The molecule has 0 bridgehead atoms. The number of aromatic amines is 2. The number of esters is 1. The summed E-state index contributed by atoms with van der Waals surface area (Å²) in [6.45, 7) is 3.59. The summed E-state index contributed by atoms with van der Waals surface area (Å²) in [7, 11) is 3.04. The van der Waals surface area contributed by atoms with Crippen LogP contribution >= 0.6 is 0 Å². The fourth-order valence-electron chi connectivity index (χ4n) is 4.89. The number of carbonyl (C=O) groups excluding carboxylic acids is 2. The van der Waals surface area contributed by atoms with Crippen molar-refractivity contribution in [2.45, 2.75) is 19.9 Å². The molecule has 11 nitrogen and oxygen atoms in total. The molecule has 41 heavy (non-hydrogen) atoms. The highest BCUT2D eigenvalue weighted by Gasteiger charge is 2.33. The van der Waals surface area contributed by atoms with Crippen LogP contribution in [0.4, 0.5) is 0 Å². The van der Waals surface area contributed by atoms with Gasteiger partial charge in [0.2, 0.25) is 11.5 Å². The van der Waals surface area contributed by atoms with Gasteiger partial charge in [-0.05, 0) is 67.4 Å². The number of primary amides is 1. The largest absolute Gasteiger partial charge is 0.493 e. The average molecular weight is 556 g/mol. The molecule has 0 fully saturated rings. The van der Waals surface area contributed by atoms with Gasteiger partial charge in [-0.3, -0.25) is 14.2 Å². The molecule has 5 rings (SSSR count). The Kier molecular flexibility index (Phi) is 7.34. The number of hydrogen-bond donors (Lipinski definition) is 3. The summed E-state index contributed by atoms with van der Waals surface area (Å²) in [6.07, 6.45) is 1.66. The van der Waals surface area contributed by atoms with Crippen LogP contribution in [0.1, 0.15) is 41.5 Å². The van der Waals surface area contributed by atoms with Crippen LogP contribution in [0.25, 0.3) is 17.3 Å². The van der Waals surface area contributed by atoms with Crippen molar-refractivity contribution in [1.82, 2.24) is 14.5 Å². The Hall–Kier alpha value is -5.32. The van der Waals surface area contributed by atoms with Gasteiger partial charge in [0.05, 0.1) is 38.1 Å². The van der Waals surface area contributed by atoms with Gasteiger partial charge in [-0.1, -0.05) is 18.2 Å². The molecule has 1 aliphatic rings. The monoisotopic (exact) mass is 555 g/mol. The highest BCUT2D eigenvalue weighted by atomic mass is 16.5. The number of allylic oxidation sites excluding steroid dienone is 1. The number of nitrogens with zero attached hydrogens (tertiary/aromatic N) is 2. The summed E-state index contributed by atoms with van der Waals surface area (Å²) in [5.74, 6) is -0.126. The minimum atomic E-state index is -0.831. The van der Waals surface area contributed by atoms with Gasteiger partial charge in [0, 0.05) is 17.0 Å². The van der Waals surface area contributed by atoms with Gasteiger partial charge in [0.15, 0.2) is 11.5 Å². The van der Waals surface area contributed by atoms with Crippen LogP contribution in [0.15, 0.2) is 75.7 Å².